The lowest BCUT2D eigenvalue weighted by Gasteiger charge is -2.13. The lowest BCUT2D eigenvalue weighted by atomic mass is 10.2. The first-order valence-corrected chi connectivity index (χ1v) is 11.4. The zero-order valence-electron chi connectivity index (χ0n) is 16.5. The van der Waals surface area contributed by atoms with Gasteiger partial charge in [-0.05, 0) is 36.4 Å². The molecule has 0 N–H and O–H groups in total. The molecule has 0 aliphatic rings. The van der Waals surface area contributed by atoms with E-state index in [4.69, 9.17) is 14.1 Å². The highest BCUT2D eigenvalue weighted by Gasteiger charge is 2.15. The third kappa shape index (κ3) is 3.87. The molecule has 0 amide bonds. The van der Waals surface area contributed by atoms with Crippen molar-refractivity contribution in [3.8, 4) is 22.2 Å². The van der Waals surface area contributed by atoms with Crippen molar-refractivity contribution in [3.05, 3.63) is 88.4 Å². The van der Waals surface area contributed by atoms with Gasteiger partial charge in [0.05, 0.1) is 35.7 Å². The number of fused-ring (bicyclic) bond motifs is 1. The summed E-state index contributed by atoms with van der Waals surface area (Å²) in [5, 5.41) is 4.00. The molecule has 0 saturated heterocycles. The van der Waals surface area contributed by atoms with Crippen LogP contribution in [0.5, 0.6) is 5.75 Å². The SMILES string of the molecule is COc1cccc(-n2c(SCc3csc(-c4ccco4)n3)nc3ccccc3c2=O)c1. The van der Waals surface area contributed by atoms with Gasteiger partial charge in [0.15, 0.2) is 15.9 Å². The Labute approximate surface area is 186 Å². The molecule has 0 fully saturated rings. The summed E-state index contributed by atoms with van der Waals surface area (Å²) >= 11 is 3.00. The number of thiazole rings is 1. The fourth-order valence-corrected chi connectivity index (χ4v) is 5.01. The minimum atomic E-state index is -0.115. The van der Waals surface area contributed by atoms with Gasteiger partial charge in [-0.15, -0.1) is 11.3 Å². The Balaban J connectivity index is 1.55. The average Bonchev–Trinajstić information content (AvgIpc) is 3.50. The van der Waals surface area contributed by atoms with Crippen LogP contribution in [0.2, 0.25) is 0 Å². The molecule has 0 spiro atoms. The molecule has 0 unspecified atom stereocenters. The van der Waals surface area contributed by atoms with Gasteiger partial charge in [0, 0.05) is 17.2 Å². The van der Waals surface area contributed by atoms with Crippen LogP contribution >= 0.6 is 23.1 Å². The van der Waals surface area contributed by atoms with Crippen LogP contribution in [0.3, 0.4) is 0 Å². The van der Waals surface area contributed by atoms with Crippen LogP contribution in [0.4, 0.5) is 0 Å². The maximum atomic E-state index is 13.4. The Hall–Kier alpha value is -3.36. The van der Waals surface area contributed by atoms with Gasteiger partial charge in [-0.3, -0.25) is 9.36 Å². The summed E-state index contributed by atoms with van der Waals surface area (Å²) in [4.78, 5) is 22.8. The second kappa shape index (κ2) is 8.41. The minimum absolute atomic E-state index is 0.115. The van der Waals surface area contributed by atoms with Gasteiger partial charge >= 0.3 is 0 Å². The number of methoxy groups -OCH3 is 1. The highest BCUT2D eigenvalue weighted by molar-refractivity contribution is 7.98. The van der Waals surface area contributed by atoms with Gasteiger partial charge in [0.1, 0.15) is 5.75 Å². The number of thioether (sulfide) groups is 1. The van der Waals surface area contributed by atoms with Gasteiger partial charge in [0.2, 0.25) is 0 Å². The molecule has 154 valence electrons. The molecular formula is C23H17N3O3S2. The number of benzene rings is 2. The quantitative estimate of drug-likeness (QED) is 0.256. The first-order valence-electron chi connectivity index (χ1n) is 9.50. The first kappa shape index (κ1) is 19.6. The maximum absolute atomic E-state index is 13.4. The normalized spacial score (nSPS) is 11.1. The van der Waals surface area contributed by atoms with Crippen molar-refractivity contribution in [2.24, 2.45) is 0 Å². The molecule has 31 heavy (non-hydrogen) atoms. The molecule has 3 aromatic heterocycles. The van der Waals surface area contributed by atoms with E-state index < -0.39 is 0 Å². The lowest BCUT2D eigenvalue weighted by molar-refractivity contribution is 0.414. The van der Waals surface area contributed by atoms with Crippen molar-refractivity contribution in [2.45, 2.75) is 10.9 Å². The van der Waals surface area contributed by atoms with Crippen molar-refractivity contribution in [3.63, 3.8) is 0 Å². The molecule has 2 aromatic carbocycles. The number of ether oxygens (including phenoxy) is 1. The van der Waals surface area contributed by atoms with Gasteiger partial charge in [-0.2, -0.15) is 0 Å². The van der Waals surface area contributed by atoms with E-state index in [1.165, 1.54) is 23.1 Å². The summed E-state index contributed by atoms with van der Waals surface area (Å²) in [5.41, 5.74) is 2.17. The highest BCUT2D eigenvalue weighted by Crippen LogP contribution is 2.29. The van der Waals surface area contributed by atoms with E-state index in [0.717, 1.165) is 16.5 Å². The van der Waals surface area contributed by atoms with Crippen LogP contribution in [0, 0.1) is 0 Å². The summed E-state index contributed by atoms with van der Waals surface area (Å²) < 4.78 is 12.4. The molecule has 0 radical (unpaired) electrons. The van der Waals surface area contributed by atoms with Gasteiger partial charge in [0.25, 0.3) is 5.56 Å². The fraction of sp³-hybridized carbons (Fsp3) is 0.0870. The van der Waals surface area contributed by atoms with Crippen molar-refractivity contribution >= 4 is 34.0 Å². The Morgan fingerprint density at radius 1 is 1.10 bits per heavy atom. The van der Waals surface area contributed by atoms with E-state index in [-0.39, 0.29) is 5.56 Å². The van der Waals surface area contributed by atoms with Crippen LogP contribution in [0.15, 0.2) is 86.7 Å². The largest absolute Gasteiger partial charge is 0.497 e. The Morgan fingerprint density at radius 2 is 2.00 bits per heavy atom. The van der Waals surface area contributed by atoms with Gasteiger partial charge in [-0.1, -0.05) is 30.0 Å². The van der Waals surface area contributed by atoms with E-state index in [9.17, 15) is 4.79 Å². The maximum Gasteiger partial charge on any atom is 0.266 e. The average molecular weight is 448 g/mol. The van der Waals surface area contributed by atoms with E-state index >= 15 is 0 Å². The molecule has 0 saturated carbocycles. The number of aromatic nitrogens is 3. The van der Waals surface area contributed by atoms with Crippen LogP contribution in [-0.4, -0.2) is 21.6 Å². The number of hydrogen-bond donors (Lipinski definition) is 0. The summed E-state index contributed by atoms with van der Waals surface area (Å²) in [6.45, 7) is 0. The first-order chi connectivity index (χ1) is 15.2. The van der Waals surface area contributed by atoms with E-state index in [1.54, 1.807) is 24.0 Å². The monoisotopic (exact) mass is 447 g/mol. The molecule has 6 nitrogen and oxygen atoms in total. The molecule has 5 rings (SSSR count). The molecule has 3 heterocycles. The summed E-state index contributed by atoms with van der Waals surface area (Å²) in [6, 6.07) is 18.5. The molecule has 0 aliphatic heterocycles. The second-order valence-corrected chi connectivity index (χ2v) is 8.46. The molecule has 8 heteroatoms. The predicted molar refractivity (Wildman–Crippen MR) is 123 cm³/mol. The molecule has 5 aromatic rings. The third-order valence-corrected chi connectivity index (χ3v) is 6.57. The van der Waals surface area contributed by atoms with Crippen LogP contribution in [-0.2, 0) is 5.75 Å². The number of hydrogen-bond acceptors (Lipinski definition) is 7. The van der Waals surface area contributed by atoms with Gasteiger partial charge in [-0.25, -0.2) is 9.97 Å². The van der Waals surface area contributed by atoms with E-state index in [2.05, 4.69) is 4.98 Å². The number of furan rings is 1. The molecular weight excluding hydrogens is 430 g/mol. The smallest absolute Gasteiger partial charge is 0.266 e. The standard InChI is InChI=1S/C23H17N3O3S2/c1-28-17-7-4-6-16(12-17)26-22(27)18-8-2-3-9-19(18)25-23(26)31-14-15-13-30-21(24-15)20-10-5-11-29-20/h2-13H,14H2,1H3. The van der Waals surface area contributed by atoms with Crippen LogP contribution in [0.1, 0.15) is 5.69 Å². The number of nitrogens with zero attached hydrogens (tertiary/aromatic N) is 3. The Bertz CT molecular complexity index is 1410. The van der Waals surface area contributed by atoms with Crippen molar-refractivity contribution < 1.29 is 9.15 Å². The Kier molecular flexibility index (Phi) is 5.31. The highest BCUT2D eigenvalue weighted by atomic mass is 32.2. The topological polar surface area (TPSA) is 70.2 Å². The zero-order chi connectivity index (χ0) is 21.2. The van der Waals surface area contributed by atoms with Gasteiger partial charge < -0.3 is 9.15 Å². The second-order valence-electron chi connectivity index (χ2n) is 6.66. The zero-order valence-corrected chi connectivity index (χ0v) is 18.2. The fourth-order valence-electron chi connectivity index (χ4n) is 3.21. The van der Waals surface area contributed by atoms with Crippen molar-refractivity contribution in [2.75, 3.05) is 7.11 Å². The predicted octanol–water partition coefficient (Wildman–Crippen LogP) is 5.40. The molecule has 0 bridgehead atoms. The summed E-state index contributed by atoms with van der Waals surface area (Å²) in [6.07, 6.45) is 1.64. The Morgan fingerprint density at radius 3 is 2.84 bits per heavy atom. The van der Waals surface area contributed by atoms with Crippen LogP contribution < -0.4 is 10.3 Å². The summed E-state index contributed by atoms with van der Waals surface area (Å²) in [5.74, 6) is 2.00. The number of rotatable bonds is 6. The molecule has 0 atom stereocenters. The van der Waals surface area contributed by atoms with Crippen molar-refractivity contribution in [1.29, 1.82) is 0 Å². The minimum Gasteiger partial charge on any atom is -0.497 e. The number of para-hydroxylation sites is 1. The van der Waals surface area contributed by atoms with E-state index in [1.807, 2.05) is 60.0 Å². The van der Waals surface area contributed by atoms with E-state index in [0.29, 0.717) is 33.2 Å². The lowest BCUT2D eigenvalue weighted by Crippen LogP contribution is -2.21. The summed E-state index contributed by atoms with van der Waals surface area (Å²) in [7, 11) is 1.61. The molecule has 0 aliphatic carbocycles. The third-order valence-electron chi connectivity index (χ3n) is 4.69. The van der Waals surface area contributed by atoms with Crippen LogP contribution in [0.25, 0.3) is 27.4 Å². The van der Waals surface area contributed by atoms with Crippen molar-refractivity contribution in [1.82, 2.24) is 14.5 Å².